The standard InChI is InChI=1S/C16H19Cl2N3O4S/c17-12-2-1-3-13(18)15(12)26(24,25)21-8-6-20(7-9-21)14(22)10-19-16(23)11-4-5-11/h1-3,11H,4-10H2,(H,19,23). The number of nitrogens with zero attached hydrogens (tertiary/aromatic N) is 2. The van der Waals surface area contributed by atoms with Crippen molar-refractivity contribution in [1.29, 1.82) is 0 Å². The Labute approximate surface area is 162 Å². The molecule has 0 atom stereocenters. The van der Waals surface area contributed by atoms with E-state index < -0.39 is 10.0 Å². The molecule has 7 nitrogen and oxygen atoms in total. The van der Waals surface area contributed by atoms with E-state index in [2.05, 4.69) is 5.32 Å². The normalized spacial score (nSPS) is 18.6. The molecule has 0 aromatic heterocycles. The molecule has 142 valence electrons. The number of carbonyl (C=O) groups excluding carboxylic acids is 2. The lowest BCUT2D eigenvalue weighted by Crippen LogP contribution is -2.52. The Kier molecular flexibility index (Phi) is 5.76. The van der Waals surface area contributed by atoms with Crippen LogP contribution in [0.4, 0.5) is 0 Å². The summed E-state index contributed by atoms with van der Waals surface area (Å²) in [5.74, 6) is -0.259. The van der Waals surface area contributed by atoms with Crippen molar-refractivity contribution in [2.45, 2.75) is 17.7 Å². The van der Waals surface area contributed by atoms with Gasteiger partial charge in [-0.2, -0.15) is 4.31 Å². The fourth-order valence-corrected chi connectivity index (χ4v) is 5.31. The zero-order valence-corrected chi connectivity index (χ0v) is 16.3. The average Bonchev–Trinajstić information content (AvgIpc) is 3.44. The lowest BCUT2D eigenvalue weighted by Gasteiger charge is -2.34. The third-order valence-corrected chi connectivity index (χ3v) is 7.32. The van der Waals surface area contributed by atoms with Crippen LogP contribution in [-0.4, -0.2) is 62.2 Å². The molecule has 1 saturated carbocycles. The molecular weight excluding hydrogens is 401 g/mol. The predicted molar refractivity (Wildman–Crippen MR) is 97.5 cm³/mol. The van der Waals surface area contributed by atoms with Gasteiger partial charge in [0.2, 0.25) is 21.8 Å². The van der Waals surface area contributed by atoms with Gasteiger partial charge in [-0.25, -0.2) is 8.42 Å². The van der Waals surface area contributed by atoms with Gasteiger partial charge in [-0.15, -0.1) is 0 Å². The highest BCUT2D eigenvalue weighted by Gasteiger charge is 2.34. The smallest absolute Gasteiger partial charge is 0.246 e. The zero-order valence-electron chi connectivity index (χ0n) is 14.0. The Morgan fingerprint density at radius 2 is 1.65 bits per heavy atom. The summed E-state index contributed by atoms with van der Waals surface area (Å²) in [6.07, 6.45) is 1.75. The summed E-state index contributed by atoms with van der Waals surface area (Å²) in [5.41, 5.74) is 0. The minimum Gasteiger partial charge on any atom is -0.347 e. The van der Waals surface area contributed by atoms with E-state index >= 15 is 0 Å². The molecule has 2 amide bonds. The second-order valence-electron chi connectivity index (χ2n) is 6.33. The van der Waals surface area contributed by atoms with E-state index in [0.717, 1.165) is 12.8 Å². The van der Waals surface area contributed by atoms with Gasteiger partial charge in [-0.1, -0.05) is 29.3 Å². The number of benzene rings is 1. The molecule has 0 unspecified atom stereocenters. The first kappa shape index (κ1) is 19.4. The molecule has 1 aliphatic heterocycles. The van der Waals surface area contributed by atoms with E-state index in [1.54, 1.807) is 11.0 Å². The number of halogens is 2. The molecule has 26 heavy (non-hydrogen) atoms. The second-order valence-corrected chi connectivity index (χ2v) is 9.02. The van der Waals surface area contributed by atoms with Crippen molar-refractivity contribution in [3.8, 4) is 0 Å². The molecule has 2 fully saturated rings. The largest absolute Gasteiger partial charge is 0.347 e. The van der Waals surface area contributed by atoms with Crippen LogP contribution in [0.2, 0.25) is 10.0 Å². The summed E-state index contributed by atoms with van der Waals surface area (Å²) in [6.45, 7) is 0.732. The summed E-state index contributed by atoms with van der Waals surface area (Å²) < 4.78 is 26.9. The zero-order chi connectivity index (χ0) is 18.9. The van der Waals surface area contributed by atoms with Crippen molar-refractivity contribution in [3.63, 3.8) is 0 Å². The van der Waals surface area contributed by atoms with Crippen LogP contribution in [0.5, 0.6) is 0 Å². The average molecular weight is 420 g/mol. The van der Waals surface area contributed by atoms with Gasteiger partial charge in [0.25, 0.3) is 0 Å². The third-order valence-electron chi connectivity index (χ3n) is 4.47. The van der Waals surface area contributed by atoms with Gasteiger partial charge >= 0.3 is 0 Å². The SMILES string of the molecule is O=C(NCC(=O)N1CCN(S(=O)(=O)c2c(Cl)cccc2Cl)CC1)C1CC1. The Morgan fingerprint density at radius 1 is 1.08 bits per heavy atom. The van der Waals surface area contributed by atoms with Crippen LogP contribution in [0.15, 0.2) is 23.1 Å². The Morgan fingerprint density at radius 3 is 2.19 bits per heavy atom. The number of hydrogen-bond acceptors (Lipinski definition) is 4. The maximum atomic E-state index is 12.8. The molecule has 0 spiro atoms. The van der Waals surface area contributed by atoms with E-state index in [1.807, 2.05) is 0 Å². The van der Waals surface area contributed by atoms with E-state index in [1.165, 1.54) is 16.4 Å². The summed E-state index contributed by atoms with van der Waals surface area (Å²) in [7, 11) is -3.84. The third kappa shape index (κ3) is 4.14. The maximum absolute atomic E-state index is 12.8. The monoisotopic (exact) mass is 419 g/mol. The van der Waals surface area contributed by atoms with Gasteiger partial charge in [0.05, 0.1) is 16.6 Å². The van der Waals surface area contributed by atoms with Gasteiger partial charge in [-0.3, -0.25) is 9.59 Å². The number of sulfonamides is 1. The van der Waals surface area contributed by atoms with Gasteiger partial charge in [0, 0.05) is 32.1 Å². The Balaban J connectivity index is 1.59. The Hall–Kier alpha value is -1.35. The molecule has 1 heterocycles. The van der Waals surface area contributed by atoms with Crippen molar-refractivity contribution in [2.24, 2.45) is 5.92 Å². The number of carbonyl (C=O) groups is 2. The van der Waals surface area contributed by atoms with Crippen molar-refractivity contribution in [3.05, 3.63) is 28.2 Å². The fraction of sp³-hybridized carbons (Fsp3) is 0.500. The van der Waals surface area contributed by atoms with Crippen LogP contribution in [0.25, 0.3) is 0 Å². The molecule has 2 aliphatic rings. The molecule has 1 aliphatic carbocycles. The topological polar surface area (TPSA) is 86.8 Å². The second kappa shape index (κ2) is 7.72. The van der Waals surface area contributed by atoms with E-state index in [9.17, 15) is 18.0 Å². The quantitative estimate of drug-likeness (QED) is 0.779. The van der Waals surface area contributed by atoms with Gasteiger partial charge in [0.15, 0.2) is 0 Å². The number of hydrogen-bond donors (Lipinski definition) is 1. The molecular formula is C16H19Cl2N3O4S. The fourth-order valence-electron chi connectivity index (χ4n) is 2.80. The lowest BCUT2D eigenvalue weighted by atomic mass is 10.3. The van der Waals surface area contributed by atoms with Crippen LogP contribution in [0.1, 0.15) is 12.8 Å². The van der Waals surface area contributed by atoms with Crippen molar-refractivity contribution in [1.82, 2.24) is 14.5 Å². The van der Waals surface area contributed by atoms with Crippen LogP contribution in [-0.2, 0) is 19.6 Å². The molecule has 0 radical (unpaired) electrons. The van der Waals surface area contributed by atoms with Crippen molar-refractivity contribution >= 4 is 45.0 Å². The summed E-state index contributed by atoms with van der Waals surface area (Å²) in [4.78, 5) is 25.2. The molecule has 10 heteroatoms. The van der Waals surface area contributed by atoms with E-state index in [0.29, 0.717) is 0 Å². The molecule has 1 aromatic carbocycles. The van der Waals surface area contributed by atoms with Crippen molar-refractivity contribution < 1.29 is 18.0 Å². The predicted octanol–water partition coefficient (Wildman–Crippen LogP) is 1.35. The lowest BCUT2D eigenvalue weighted by molar-refractivity contribution is -0.134. The van der Waals surface area contributed by atoms with Crippen molar-refractivity contribution in [2.75, 3.05) is 32.7 Å². The van der Waals surface area contributed by atoms with Crippen LogP contribution in [0.3, 0.4) is 0 Å². The van der Waals surface area contributed by atoms with Gasteiger partial charge < -0.3 is 10.2 Å². The van der Waals surface area contributed by atoms with Gasteiger partial charge in [-0.05, 0) is 25.0 Å². The van der Waals surface area contributed by atoms with Crippen LogP contribution < -0.4 is 5.32 Å². The minimum atomic E-state index is -3.84. The highest BCUT2D eigenvalue weighted by molar-refractivity contribution is 7.89. The molecule has 0 bridgehead atoms. The number of rotatable bonds is 5. The first-order valence-corrected chi connectivity index (χ1v) is 10.5. The molecule has 3 rings (SSSR count). The van der Waals surface area contributed by atoms with E-state index in [4.69, 9.17) is 23.2 Å². The Bertz CT molecular complexity index is 799. The first-order chi connectivity index (χ1) is 12.3. The van der Waals surface area contributed by atoms with Gasteiger partial charge in [0.1, 0.15) is 4.90 Å². The summed E-state index contributed by atoms with van der Waals surface area (Å²) in [5, 5.41) is 2.76. The van der Waals surface area contributed by atoms with Crippen LogP contribution in [0, 0.1) is 5.92 Å². The maximum Gasteiger partial charge on any atom is 0.246 e. The number of piperazine rings is 1. The number of nitrogens with one attached hydrogen (secondary N) is 1. The molecule has 1 N–H and O–H groups in total. The first-order valence-electron chi connectivity index (χ1n) is 8.30. The minimum absolute atomic E-state index is 0.0464. The number of amides is 2. The van der Waals surface area contributed by atoms with E-state index in [-0.39, 0.29) is 65.4 Å². The molecule has 1 saturated heterocycles. The highest BCUT2D eigenvalue weighted by atomic mass is 35.5. The summed E-state index contributed by atoms with van der Waals surface area (Å²) in [6, 6.07) is 4.53. The molecule has 1 aromatic rings. The highest BCUT2D eigenvalue weighted by Crippen LogP contribution is 2.32. The van der Waals surface area contributed by atoms with Crippen LogP contribution >= 0.6 is 23.2 Å². The summed E-state index contributed by atoms with van der Waals surface area (Å²) >= 11 is 12.0.